The minimum absolute atomic E-state index is 0.118. The van der Waals surface area contributed by atoms with Gasteiger partial charge >= 0.3 is 18.2 Å². The molecule has 0 bridgehead atoms. The summed E-state index contributed by atoms with van der Waals surface area (Å²) in [7, 11) is 0. The smallest absolute Gasteiger partial charge is 0.411 e. The lowest BCUT2D eigenvalue weighted by atomic mass is 10.2. The molecule has 0 saturated heterocycles. The average molecular weight is 268 g/mol. The van der Waals surface area contributed by atoms with Crippen molar-refractivity contribution in [3.63, 3.8) is 0 Å². The van der Waals surface area contributed by atoms with Gasteiger partial charge in [-0.25, -0.2) is 4.79 Å². The van der Waals surface area contributed by atoms with Crippen molar-refractivity contribution < 1.29 is 27.9 Å². The first-order valence-corrected chi connectivity index (χ1v) is 5.53. The number of carbonyl (C=O) groups is 2. The number of urea groups is 1. The second kappa shape index (κ2) is 5.03. The van der Waals surface area contributed by atoms with Crippen LogP contribution in [0, 0.1) is 0 Å². The van der Waals surface area contributed by atoms with Crippen LogP contribution in [0.25, 0.3) is 0 Å². The van der Waals surface area contributed by atoms with E-state index in [1.54, 1.807) is 0 Å². The molecule has 1 rings (SSSR count). The molecule has 0 heterocycles. The van der Waals surface area contributed by atoms with Gasteiger partial charge in [0.05, 0.1) is 0 Å². The van der Waals surface area contributed by atoms with Crippen LogP contribution in [0.4, 0.5) is 18.0 Å². The van der Waals surface area contributed by atoms with Gasteiger partial charge in [-0.05, 0) is 26.2 Å². The molecule has 0 aromatic carbocycles. The fourth-order valence-electron chi connectivity index (χ4n) is 1.49. The third-order valence-corrected chi connectivity index (χ3v) is 2.81. The third-order valence-electron chi connectivity index (χ3n) is 2.81. The Kier molecular flexibility index (Phi) is 4.08. The highest BCUT2D eigenvalue weighted by Gasteiger charge is 2.64. The largest absolute Gasteiger partial charge is 0.481 e. The summed E-state index contributed by atoms with van der Waals surface area (Å²) in [6.45, 7) is 1.54. The molecule has 1 fully saturated rings. The van der Waals surface area contributed by atoms with Crippen molar-refractivity contribution in [2.24, 2.45) is 0 Å². The standard InChI is InChI=1S/C10H15F3N2O3/c1-6(2-3-7(16)17)14-8(18)15-9(4-5-9)10(11,12)13/h6H,2-5H2,1H3,(H,16,17)(H2,14,15,18). The number of nitrogens with one attached hydrogen (secondary N) is 2. The Hall–Kier alpha value is -1.47. The molecule has 1 aliphatic rings. The highest BCUT2D eigenvalue weighted by molar-refractivity contribution is 5.76. The summed E-state index contributed by atoms with van der Waals surface area (Å²) in [6.07, 6.45) is -4.66. The normalized spacial score (nSPS) is 18.9. The van der Waals surface area contributed by atoms with Crippen molar-refractivity contribution in [1.82, 2.24) is 10.6 Å². The highest BCUT2D eigenvalue weighted by Crippen LogP contribution is 2.48. The van der Waals surface area contributed by atoms with E-state index in [1.165, 1.54) is 6.92 Å². The van der Waals surface area contributed by atoms with E-state index in [1.807, 2.05) is 5.32 Å². The van der Waals surface area contributed by atoms with Gasteiger partial charge in [0.2, 0.25) is 0 Å². The summed E-state index contributed by atoms with van der Waals surface area (Å²) in [6, 6.07) is -1.41. The molecular weight excluding hydrogens is 253 g/mol. The SMILES string of the molecule is CC(CCC(=O)O)NC(=O)NC1(C(F)(F)F)CC1. The summed E-state index contributed by atoms with van der Waals surface area (Å²) in [5.74, 6) is -1.02. The maximum absolute atomic E-state index is 12.5. The van der Waals surface area contributed by atoms with Gasteiger partial charge in [-0.2, -0.15) is 13.2 Å². The minimum atomic E-state index is -4.45. The van der Waals surface area contributed by atoms with Crippen LogP contribution in [0.15, 0.2) is 0 Å². The Bertz CT molecular complexity index is 340. The zero-order valence-electron chi connectivity index (χ0n) is 9.80. The molecule has 1 unspecified atom stereocenters. The molecule has 1 aliphatic carbocycles. The van der Waals surface area contributed by atoms with E-state index in [9.17, 15) is 22.8 Å². The van der Waals surface area contributed by atoms with E-state index in [0.29, 0.717) is 0 Å². The quantitative estimate of drug-likeness (QED) is 0.709. The summed E-state index contributed by atoms with van der Waals surface area (Å²) < 4.78 is 37.6. The Morgan fingerprint density at radius 3 is 2.33 bits per heavy atom. The van der Waals surface area contributed by atoms with Gasteiger partial charge in [-0.15, -0.1) is 0 Å². The lowest BCUT2D eigenvalue weighted by molar-refractivity contribution is -0.162. The van der Waals surface area contributed by atoms with E-state index in [-0.39, 0.29) is 25.7 Å². The summed E-state index contributed by atoms with van der Waals surface area (Å²) >= 11 is 0. The van der Waals surface area contributed by atoms with Gasteiger partial charge in [-0.3, -0.25) is 4.79 Å². The molecule has 0 spiro atoms. The van der Waals surface area contributed by atoms with Crippen LogP contribution in [0.5, 0.6) is 0 Å². The monoisotopic (exact) mass is 268 g/mol. The Morgan fingerprint density at radius 1 is 1.39 bits per heavy atom. The van der Waals surface area contributed by atoms with Crippen molar-refractivity contribution in [3.8, 4) is 0 Å². The Labute approximate surface area is 102 Å². The van der Waals surface area contributed by atoms with E-state index in [2.05, 4.69) is 5.32 Å². The zero-order valence-corrected chi connectivity index (χ0v) is 9.80. The third kappa shape index (κ3) is 3.78. The van der Waals surface area contributed by atoms with Gasteiger partial charge < -0.3 is 15.7 Å². The number of rotatable bonds is 5. The molecule has 8 heteroatoms. The average Bonchev–Trinajstić information content (AvgIpc) is 2.94. The molecule has 3 N–H and O–H groups in total. The maximum Gasteiger partial charge on any atom is 0.411 e. The van der Waals surface area contributed by atoms with E-state index in [0.717, 1.165) is 0 Å². The zero-order chi connectivity index (χ0) is 14.0. The van der Waals surface area contributed by atoms with E-state index < -0.39 is 29.8 Å². The fraction of sp³-hybridized carbons (Fsp3) is 0.800. The van der Waals surface area contributed by atoms with Crippen LogP contribution in [0.2, 0.25) is 0 Å². The molecule has 0 aliphatic heterocycles. The molecule has 18 heavy (non-hydrogen) atoms. The van der Waals surface area contributed by atoms with Gasteiger partial charge in [0.25, 0.3) is 0 Å². The predicted molar refractivity (Wildman–Crippen MR) is 56.0 cm³/mol. The van der Waals surface area contributed by atoms with Crippen molar-refractivity contribution >= 4 is 12.0 Å². The van der Waals surface area contributed by atoms with Gasteiger partial charge in [0, 0.05) is 12.5 Å². The number of amides is 2. The Morgan fingerprint density at radius 2 is 1.94 bits per heavy atom. The van der Waals surface area contributed by atoms with Gasteiger partial charge in [-0.1, -0.05) is 0 Å². The molecular formula is C10H15F3N2O3. The molecule has 1 saturated carbocycles. The van der Waals surface area contributed by atoms with Crippen molar-refractivity contribution in [2.75, 3.05) is 0 Å². The lowest BCUT2D eigenvalue weighted by Crippen LogP contribution is -2.53. The molecule has 0 aromatic heterocycles. The van der Waals surface area contributed by atoms with Crippen LogP contribution in [0.1, 0.15) is 32.6 Å². The first-order valence-electron chi connectivity index (χ1n) is 5.53. The number of alkyl halides is 3. The van der Waals surface area contributed by atoms with Crippen molar-refractivity contribution in [2.45, 2.75) is 50.4 Å². The molecule has 1 atom stereocenters. The Balaban J connectivity index is 2.36. The van der Waals surface area contributed by atoms with Crippen molar-refractivity contribution in [3.05, 3.63) is 0 Å². The van der Waals surface area contributed by atoms with Crippen LogP contribution in [-0.2, 0) is 4.79 Å². The molecule has 2 amide bonds. The summed E-state index contributed by atoms with van der Waals surface area (Å²) in [5, 5.41) is 12.6. The molecule has 0 radical (unpaired) electrons. The number of hydrogen-bond donors (Lipinski definition) is 3. The topological polar surface area (TPSA) is 78.4 Å². The van der Waals surface area contributed by atoms with Gasteiger partial charge in [0.1, 0.15) is 5.54 Å². The van der Waals surface area contributed by atoms with E-state index >= 15 is 0 Å². The molecule has 0 aromatic rings. The number of carboxylic acids is 1. The highest BCUT2D eigenvalue weighted by atomic mass is 19.4. The number of carbonyl (C=O) groups excluding carboxylic acids is 1. The first-order chi connectivity index (χ1) is 8.16. The van der Waals surface area contributed by atoms with Crippen LogP contribution in [0.3, 0.4) is 0 Å². The molecule has 5 nitrogen and oxygen atoms in total. The lowest BCUT2D eigenvalue weighted by Gasteiger charge is -2.22. The fourth-order valence-corrected chi connectivity index (χ4v) is 1.49. The van der Waals surface area contributed by atoms with Crippen LogP contribution >= 0.6 is 0 Å². The maximum atomic E-state index is 12.5. The second-order valence-electron chi connectivity index (χ2n) is 4.51. The predicted octanol–water partition coefficient (Wildman–Crippen LogP) is 1.63. The number of halogens is 3. The van der Waals surface area contributed by atoms with E-state index in [4.69, 9.17) is 5.11 Å². The number of carboxylic acid groups (broad SMARTS) is 1. The molecule has 104 valence electrons. The number of hydrogen-bond acceptors (Lipinski definition) is 2. The van der Waals surface area contributed by atoms with Crippen LogP contribution < -0.4 is 10.6 Å². The summed E-state index contributed by atoms with van der Waals surface area (Å²) in [4.78, 5) is 21.6. The first kappa shape index (κ1) is 14.6. The van der Waals surface area contributed by atoms with Crippen molar-refractivity contribution in [1.29, 1.82) is 0 Å². The van der Waals surface area contributed by atoms with Crippen LogP contribution in [-0.4, -0.2) is 34.9 Å². The minimum Gasteiger partial charge on any atom is -0.481 e. The van der Waals surface area contributed by atoms with Gasteiger partial charge in [0.15, 0.2) is 0 Å². The summed E-state index contributed by atoms with van der Waals surface area (Å²) in [5.41, 5.74) is -2.09. The second-order valence-corrected chi connectivity index (χ2v) is 4.51. The number of aliphatic carboxylic acids is 1.